The molecule has 1 aliphatic heterocycles. The van der Waals surface area contributed by atoms with E-state index in [0.717, 1.165) is 44.5 Å². The van der Waals surface area contributed by atoms with Crippen LogP contribution < -0.4 is 10.9 Å². The maximum absolute atomic E-state index is 12.6. The van der Waals surface area contributed by atoms with Crippen LogP contribution in [-0.2, 0) is 4.74 Å². The number of hydrogen-bond donors (Lipinski definition) is 2. The molecule has 6 nitrogen and oxygen atoms in total. The molecule has 0 aliphatic carbocycles. The Morgan fingerprint density at radius 2 is 2.24 bits per heavy atom. The van der Waals surface area contributed by atoms with Crippen molar-refractivity contribution in [2.75, 3.05) is 39.9 Å². The Morgan fingerprint density at radius 3 is 3.08 bits per heavy atom. The van der Waals surface area contributed by atoms with Crippen molar-refractivity contribution in [2.45, 2.75) is 12.8 Å². The van der Waals surface area contributed by atoms with Gasteiger partial charge in [-0.25, -0.2) is 0 Å². The molecule has 3 rings (SSSR count). The number of fused-ring (bicyclic) bond motifs is 1. The molecule has 1 atom stereocenters. The summed E-state index contributed by atoms with van der Waals surface area (Å²) in [6.45, 7) is 4.53. The third kappa shape index (κ3) is 4.46. The maximum Gasteiger partial charge on any atom is 0.252 e. The Morgan fingerprint density at radius 1 is 1.40 bits per heavy atom. The minimum absolute atomic E-state index is 0.180. The van der Waals surface area contributed by atoms with Crippen LogP contribution in [0.15, 0.2) is 35.1 Å². The number of aromatic nitrogens is 1. The van der Waals surface area contributed by atoms with E-state index >= 15 is 0 Å². The molecule has 1 aromatic heterocycles. The summed E-state index contributed by atoms with van der Waals surface area (Å²) in [5.74, 6) is 0.278. The minimum atomic E-state index is -0.256. The van der Waals surface area contributed by atoms with Crippen LogP contribution in [0.1, 0.15) is 23.2 Å². The second-order valence-corrected chi connectivity index (χ2v) is 6.60. The molecule has 0 unspecified atom stereocenters. The van der Waals surface area contributed by atoms with E-state index in [4.69, 9.17) is 4.74 Å². The first-order valence-electron chi connectivity index (χ1n) is 8.79. The highest BCUT2D eigenvalue weighted by Crippen LogP contribution is 2.17. The van der Waals surface area contributed by atoms with Gasteiger partial charge < -0.3 is 19.9 Å². The Labute approximate surface area is 147 Å². The van der Waals surface area contributed by atoms with E-state index in [2.05, 4.69) is 15.2 Å². The highest BCUT2D eigenvalue weighted by molar-refractivity contribution is 6.05. The van der Waals surface area contributed by atoms with Gasteiger partial charge in [-0.15, -0.1) is 0 Å². The molecule has 134 valence electrons. The molecule has 1 amide bonds. The molecule has 2 N–H and O–H groups in total. The third-order valence-electron chi connectivity index (χ3n) is 4.74. The molecule has 6 heteroatoms. The molecule has 1 saturated heterocycles. The lowest BCUT2D eigenvalue weighted by molar-refractivity contribution is 0.0948. The first-order valence-corrected chi connectivity index (χ1v) is 8.79. The summed E-state index contributed by atoms with van der Waals surface area (Å²) in [5.41, 5.74) is 0.869. The van der Waals surface area contributed by atoms with Crippen molar-refractivity contribution < 1.29 is 9.53 Å². The number of H-pyrrole nitrogens is 1. The quantitative estimate of drug-likeness (QED) is 0.749. The molecular weight excluding hydrogens is 318 g/mol. The van der Waals surface area contributed by atoms with Crippen molar-refractivity contribution in [2.24, 2.45) is 5.92 Å². The molecule has 0 saturated carbocycles. The summed E-state index contributed by atoms with van der Waals surface area (Å²) in [6, 6.07) is 8.75. The standard InChI is InChI=1S/C19H25N3O3/c1-25-10-4-8-22-9-7-14(13-22)12-20-19(24)16-11-18(23)21-17-6-3-2-5-15(16)17/h2-3,5-6,11,14H,4,7-10,12-13H2,1H3,(H,20,24)(H,21,23)/t14-/m1/s1. The third-order valence-corrected chi connectivity index (χ3v) is 4.74. The summed E-state index contributed by atoms with van der Waals surface area (Å²) in [4.78, 5) is 29.5. The van der Waals surface area contributed by atoms with E-state index in [1.54, 1.807) is 7.11 Å². The molecule has 2 heterocycles. The molecular formula is C19H25N3O3. The van der Waals surface area contributed by atoms with E-state index in [1.807, 2.05) is 24.3 Å². The Kier molecular flexibility index (Phi) is 5.83. The fraction of sp³-hybridized carbons (Fsp3) is 0.474. The fourth-order valence-electron chi connectivity index (χ4n) is 3.44. The first-order chi connectivity index (χ1) is 12.2. The number of benzene rings is 1. The lowest BCUT2D eigenvalue weighted by Crippen LogP contribution is -2.32. The smallest absolute Gasteiger partial charge is 0.252 e. The van der Waals surface area contributed by atoms with Crippen LogP contribution in [0.2, 0.25) is 0 Å². The normalized spacial score (nSPS) is 17.9. The highest BCUT2D eigenvalue weighted by atomic mass is 16.5. The number of methoxy groups -OCH3 is 1. The first kappa shape index (κ1) is 17.6. The molecule has 25 heavy (non-hydrogen) atoms. The molecule has 1 fully saturated rings. The second kappa shape index (κ2) is 8.27. The van der Waals surface area contributed by atoms with Gasteiger partial charge in [0.1, 0.15) is 0 Å². The summed E-state index contributed by atoms with van der Waals surface area (Å²) in [7, 11) is 1.72. The van der Waals surface area contributed by atoms with Crippen LogP contribution in [0.4, 0.5) is 0 Å². The highest BCUT2D eigenvalue weighted by Gasteiger charge is 2.23. The topological polar surface area (TPSA) is 74.4 Å². The average Bonchev–Trinajstić information content (AvgIpc) is 3.07. The monoisotopic (exact) mass is 343 g/mol. The zero-order valence-electron chi connectivity index (χ0n) is 14.6. The van der Waals surface area contributed by atoms with E-state index in [0.29, 0.717) is 23.5 Å². The number of nitrogens with zero attached hydrogens (tertiary/aromatic N) is 1. The number of pyridine rings is 1. The summed E-state index contributed by atoms with van der Waals surface area (Å²) in [6.07, 6.45) is 2.12. The number of hydrogen-bond acceptors (Lipinski definition) is 4. The second-order valence-electron chi connectivity index (χ2n) is 6.60. The molecule has 1 aliphatic rings. The van der Waals surface area contributed by atoms with Crippen LogP contribution >= 0.6 is 0 Å². The molecule has 0 bridgehead atoms. The van der Waals surface area contributed by atoms with E-state index < -0.39 is 0 Å². The molecule has 0 spiro atoms. The van der Waals surface area contributed by atoms with Crippen molar-refractivity contribution >= 4 is 16.8 Å². The van der Waals surface area contributed by atoms with Gasteiger partial charge >= 0.3 is 0 Å². The van der Waals surface area contributed by atoms with Gasteiger partial charge in [-0.3, -0.25) is 9.59 Å². The van der Waals surface area contributed by atoms with Crippen LogP contribution in [0.5, 0.6) is 0 Å². The van der Waals surface area contributed by atoms with Gasteiger partial charge in [0.05, 0.1) is 5.56 Å². The Hall–Kier alpha value is -2.18. The van der Waals surface area contributed by atoms with Crippen molar-refractivity contribution in [1.29, 1.82) is 0 Å². The van der Waals surface area contributed by atoms with Crippen LogP contribution in [0.25, 0.3) is 10.9 Å². The van der Waals surface area contributed by atoms with Gasteiger partial charge in [0.25, 0.3) is 5.91 Å². The van der Waals surface area contributed by atoms with Gasteiger partial charge in [-0.2, -0.15) is 0 Å². The lowest BCUT2D eigenvalue weighted by atomic mass is 10.1. The Bertz CT molecular complexity index is 787. The van der Waals surface area contributed by atoms with Crippen molar-refractivity contribution in [1.82, 2.24) is 15.2 Å². The summed E-state index contributed by atoms with van der Waals surface area (Å²) >= 11 is 0. The SMILES string of the molecule is COCCCN1CC[C@H](CNC(=O)c2cc(=O)[nH]c3ccccc23)C1. The molecule has 2 aromatic rings. The predicted octanol–water partition coefficient (Wildman–Crippen LogP) is 1.62. The number of carbonyl (C=O) groups excluding carboxylic acids is 1. The van der Waals surface area contributed by atoms with Gasteiger partial charge in [0.15, 0.2) is 0 Å². The Balaban J connectivity index is 1.58. The van der Waals surface area contributed by atoms with Gasteiger partial charge in [-0.1, -0.05) is 18.2 Å². The number of ether oxygens (including phenoxy) is 1. The number of para-hydroxylation sites is 1. The zero-order chi connectivity index (χ0) is 17.6. The summed E-state index contributed by atoms with van der Waals surface area (Å²) < 4.78 is 5.09. The summed E-state index contributed by atoms with van der Waals surface area (Å²) in [5, 5.41) is 3.78. The zero-order valence-corrected chi connectivity index (χ0v) is 14.6. The van der Waals surface area contributed by atoms with Crippen molar-refractivity contribution in [3.05, 3.63) is 46.2 Å². The predicted molar refractivity (Wildman–Crippen MR) is 97.9 cm³/mol. The fourth-order valence-corrected chi connectivity index (χ4v) is 3.44. The van der Waals surface area contributed by atoms with Crippen LogP contribution in [0.3, 0.4) is 0 Å². The van der Waals surface area contributed by atoms with E-state index in [1.165, 1.54) is 6.07 Å². The van der Waals surface area contributed by atoms with E-state index in [-0.39, 0.29) is 11.5 Å². The number of rotatable bonds is 7. The van der Waals surface area contributed by atoms with Gasteiger partial charge in [-0.05, 0) is 31.4 Å². The van der Waals surface area contributed by atoms with Crippen molar-refractivity contribution in [3.8, 4) is 0 Å². The van der Waals surface area contributed by atoms with E-state index in [9.17, 15) is 9.59 Å². The largest absolute Gasteiger partial charge is 0.385 e. The number of likely N-dealkylation sites (tertiary alicyclic amines) is 1. The molecule has 1 aromatic carbocycles. The number of aromatic amines is 1. The van der Waals surface area contributed by atoms with Gasteiger partial charge in [0, 0.05) is 50.3 Å². The number of nitrogens with one attached hydrogen (secondary N) is 2. The van der Waals surface area contributed by atoms with Crippen molar-refractivity contribution in [3.63, 3.8) is 0 Å². The molecule has 0 radical (unpaired) electrons. The lowest BCUT2D eigenvalue weighted by Gasteiger charge is -2.16. The number of amides is 1. The number of carbonyl (C=O) groups is 1. The maximum atomic E-state index is 12.6. The van der Waals surface area contributed by atoms with Crippen LogP contribution in [-0.4, -0.2) is 55.7 Å². The van der Waals surface area contributed by atoms with Crippen LogP contribution in [0, 0.1) is 5.92 Å². The van der Waals surface area contributed by atoms with Gasteiger partial charge in [0.2, 0.25) is 5.56 Å². The minimum Gasteiger partial charge on any atom is -0.385 e. The average molecular weight is 343 g/mol.